The molecule has 190 valence electrons. The van der Waals surface area contributed by atoms with Gasteiger partial charge < -0.3 is 19.7 Å². The first kappa shape index (κ1) is 25.9. The van der Waals surface area contributed by atoms with Crippen LogP contribution < -0.4 is 15.5 Å². The van der Waals surface area contributed by atoms with Gasteiger partial charge in [0.2, 0.25) is 0 Å². The maximum absolute atomic E-state index is 12.9. The van der Waals surface area contributed by atoms with Gasteiger partial charge in [0, 0.05) is 23.7 Å². The highest BCUT2D eigenvalue weighted by Gasteiger charge is 2.23. The van der Waals surface area contributed by atoms with Crippen molar-refractivity contribution in [2.24, 2.45) is 5.10 Å². The number of halogens is 1. The molecule has 1 saturated heterocycles. The number of morpholine rings is 1. The SMILES string of the molecule is O=C(N/N=C\c1ccccc1OCc1ccc(Cl)cc1)C(=O)Nc1ccccc1C(=O)N1CCOCC1. The molecule has 3 aromatic carbocycles. The van der Waals surface area contributed by atoms with Crippen molar-refractivity contribution in [3.8, 4) is 5.75 Å². The minimum absolute atomic E-state index is 0.240. The topological polar surface area (TPSA) is 109 Å². The molecule has 0 aliphatic carbocycles. The van der Waals surface area contributed by atoms with Crippen molar-refractivity contribution >= 4 is 41.2 Å². The molecule has 4 rings (SSSR count). The molecule has 0 unspecified atom stereocenters. The van der Waals surface area contributed by atoms with Gasteiger partial charge in [-0.15, -0.1) is 0 Å². The van der Waals surface area contributed by atoms with E-state index in [2.05, 4.69) is 15.8 Å². The van der Waals surface area contributed by atoms with Crippen LogP contribution in [0, 0.1) is 0 Å². The molecule has 10 heteroatoms. The summed E-state index contributed by atoms with van der Waals surface area (Å²) in [6.45, 7) is 2.15. The third kappa shape index (κ3) is 7.16. The number of benzene rings is 3. The van der Waals surface area contributed by atoms with Crippen molar-refractivity contribution in [3.63, 3.8) is 0 Å². The standard InChI is InChI=1S/C27H25ClN4O5/c28-21-11-9-19(10-12-21)18-37-24-8-4-1-5-20(24)17-29-31-26(34)25(33)30-23-7-3-2-6-22(23)27(35)32-13-15-36-16-14-32/h1-12,17H,13-16,18H2,(H,30,33)(H,31,34)/b29-17-. The Morgan fingerprint density at radius 2 is 1.65 bits per heavy atom. The monoisotopic (exact) mass is 520 g/mol. The van der Waals surface area contributed by atoms with Crippen LogP contribution in [0.25, 0.3) is 0 Å². The lowest BCUT2D eigenvalue weighted by atomic mass is 10.1. The normalized spacial score (nSPS) is 13.3. The average molecular weight is 521 g/mol. The molecule has 1 aliphatic heterocycles. The first-order valence-corrected chi connectivity index (χ1v) is 12.0. The minimum Gasteiger partial charge on any atom is -0.488 e. The molecule has 0 radical (unpaired) electrons. The summed E-state index contributed by atoms with van der Waals surface area (Å²) in [7, 11) is 0. The van der Waals surface area contributed by atoms with Gasteiger partial charge in [0.15, 0.2) is 0 Å². The van der Waals surface area contributed by atoms with Crippen LogP contribution in [0.1, 0.15) is 21.5 Å². The molecule has 1 heterocycles. The second-order valence-corrected chi connectivity index (χ2v) is 8.49. The summed E-state index contributed by atoms with van der Waals surface area (Å²) in [6, 6.07) is 21.0. The van der Waals surface area contributed by atoms with Crippen LogP contribution in [0.4, 0.5) is 5.69 Å². The number of rotatable bonds is 7. The summed E-state index contributed by atoms with van der Waals surface area (Å²) in [5, 5.41) is 7.03. The zero-order valence-electron chi connectivity index (χ0n) is 19.9. The van der Waals surface area contributed by atoms with Crippen LogP contribution in [-0.2, 0) is 20.9 Å². The van der Waals surface area contributed by atoms with Gasteiger partial charge in [-0.3, -0.25) is 14.4 Å². The lowest BCUT2D eigenvalue weighted by molar-refractivity contribution is -0.136. The maximum atomic E-state index is 12.9. The number of anilines is 1. The lowest BCUT2D eigenvalue weighted by Gasteiger charge is -2.27. The maximum Gasteiger partial charge on any atom is 0.329 e. The summed E-state index contributed by atoms with van der Waals surface area (Å²) in [6.07, 6.45) is 1.39. The molecule has 37 heavy (non-hydrogen) atoms. The number of para-hydroxylation sites is 2. The Morgan fingerprint density at radius 1 is 0.946 bits per heavy atom. The summed E-state index contributed by atoms with van der Waals surface area (Å²) in [4.78, 5) is 39.3. The Balaban J connectivity index is 1.35. The number of hydrogen-bond donors (Lipinski definition) is 2. The van der Waals surface area contributed by atoms with Crippen molar-refractivity contribution in [1.82, 2.24) is 10.3 Å². The zero-order valence-corrected chi connectivity index (χ0v) is 20.6. The van der Waals surface area contributed by atoms with E-state index in [1.807, 2.05) is 18.2 Å². The fraction of sp³-hybridized carbons (Fsp3) is 0.185. The van der Waals surface area contributed by atoms with Gasteiger partial charge >= 0.3 is 11.8 Å². The number of hydrazone groups is 1. The first-order chi connectivity index (χ1) is 18.0. The number of carbonyl (C=O) groups is 3. The van der Waals surface area contributed by atoms with E-state index >= 15 is 0 Å². The molecular formula is C27H25ClN4O5. The number of nitrogens with zero attached hydrogens (tertiary/aromatic N) is 2. The Kier molecular flexibility index (Phi) is 8.85. The van der Waals surface area contributed by atoms with Crippen LogP contribution in [0.2, 0.25) is 5.02 Å². The minimum atomic E-state index is -0.982. The van der Waals surface area contributed by atoms with Gasteiger partial charge in [-0.25, -0.2) is 5.43 Å². The zero-order chi connectivity index (χ0) is 26.0. The van der Waals surface area contributed by atoms with Gasteiger partial charge in [-0.1, -0.05) is 48.0 Å². The highest BCUT2D eigenvalue weighted by atomic mass is 35.5. The number of ether oxygens (including phenoxy) is 2. The molecule has 0 saturated carbocycles. The summed E-state index contributed by atoms with van der Waals surface area (Å²) in [5.41, 5.74) is 4.29. The van der Waals surface area contributed by atoms with Gasteiger partial charge in [0.25, 0.3) is 5.91 Å². The summed E-state index contributed by atoms with van der Waals surface area (Å²) >= 11 is 5.92. The summed E-state index contributed by atoms with van der Waals surface area (Å²) < 4.78 is 11.1. The van der Waals surface area contributed by atoms with Crippen LogP contribution in [0.3, 0.4) is 0 Å². The molecular weight excluding hydrogens is 496 g/mol. The van der Waals surface area contributed by atoms with Crippen molar-refractivity contribution < 1.29 is 23.9 Å². The van der Waals surface area contributed by atoms with E-state index < -0.39 is 11.8 Å². The predicted molar refractivity (Wildman–Crippen MR) is 140 cm³/mol. The number of nitrogens with one attached hydrogen (secondary N) is 2. The van der Waals surface area contributed by atoms with E-state index in [-0.39, 0.29) is 11.6 Å². The molecule has 0 atom stereocenters. The molecule has 0 aromatic heterocycles. The second-order valence-electron chi connectivity index (χ2n) is 8.06. The fourth-order valence-corrected chi connectivity index (χ4v) is 3.69. The van der Waals surface area contributed by atoms with E-state index in [1.54, 1.807) is 59.5 Å². The van der Waals surface area contributed by atoms with Crippen LogP contribution in [0.5, 0.6) is 5.75 Å². The fourth-order valence-electron chi connectivity index (χ4n) is 3.57. The largest absolute Gasteiger partial charge is 0.488 e. The van der Waals surface area contributed by atoms with Crippen molar-refractivity contribution in [3.05, 3.63) is 94.5 Å². The molecule has 1 aliphatic rings. The van der Waals surface area contributed by atoms with Gasteiger partial charge in [-0.05, 0) is 42.0 Å². The molecule has 1 fully saturated rings. The number of carbonyl (C=O) groups excluding carboxylic acids is 3. The molecule has 0 bridgehead atoms. The van der Waals surface area contributed by atoms with E-state index in [0.717, 1.165) is 5.56 Å². The highest BCUT2D eigenvalue weighted by molar-refractivity contribution is 6.40. The van der Waals surface area contributed by atoms with Crippen molar-refractivity contribution in [2.75, 3.05) is 31.6 Å². The molecule has 2 N–H and O–H groups in total. The summed E-state index contributed by atoms with van der Waals surface area (Å²) in [5.74, 6) is -1.63. The van der Waals surface area contributed by atoms with Crippen LogP contribution in [0.15, 0.2) is 77.9 Å². The van der Waals surface area contributed by atoms with Gasteiger partial charge in [0.05, 0.1) is 30.7 Å². The Bertz CT molecular complexity index is 1290. The quantitative estimate of drug-likeness (QED) is 0.281. The molecule has 3 aromatic rings. The van der Waals surface area contributed by atoms with Gasteiger partial charge in [-0.2, -0.15) is 5.10 Å². The number of amides is 3. The molecule has 0 spiro atoms. The van der Waals surface area contributed by atoms with E-state index in [0.29, 0.717) is 54.8 Å². The third-order valence-corrected chi connectivity index (χ3v) is 5.76. The predicted octanol–water partition coefficient (Wildman–Crippen LogP) is 3.48. The lowest BCUT2D eigenvalue weighted by Crippen LogP contribution is -2.41. The van der Waals surface area contributed by atoms with Crippen LogP contribution in [-0.4, -0.2) is 55.1 Å². The van der Waals surface area contributed by atoms with Gasteiger partial charge in [0.1, 0.15) is 12.4 Å². The average Bonchev–Trinajstić information content (AvgIpc) is 2.93. The molecule has 3 amide bonds. The Morgan fingerprint density at radius 3 is 2.43 bits per heavy atom. The third-order valence-electron chi connectivity index (χ3n) is 5.51. The molecule has 9 nitrogen and oxygen atoms in total. The number of hydrogen-bond acceptors (Lipinski definition) is 6. The Labute approximate surface area is 219 Å². The van der Waals surface area contributed by atoms with E-state index in [9.17, 15) is 14.4 Å². The van der Waals surface area contributed by atoms with Crippen LogP contribution >= 0.6 is 11.6 Å². The highest BCUT2D eigenvalue weighted by Crippen LogP contribution is 2.19. The van der Waals surface area contributed by atoms with E-state index in [1.165, 1.54) is 6.21 Å². The van der Waals surface area contributed by atoms with E-state index in [4.69, 9.17) is 21.1 Å². The van der Waals surface area contributed by atoms with Crippen molar-refractivity contribution in [2.45, 2.75) is 6.61 Å². The smallest absolute Gasteiger partial charge is 0.329 e. The van der Waals surface area contributed by atoms with Crippen molar-refractivity contribution in [1.29, 1.82) is 0 Å². The Hall–Kier alpha value is -4.21. The second kappa shape index (κ2) is 12.7. The first-order valence-electron chi connectivity index (χ1n) is 11.6.